The third-order valence-corrected chi connectivity index (χ3v) is 5.01. The molecule has 2 atom stereocenters. The summed E-state index contributed by atoms with van der Waals surface area (Å²) in [5.74, 6) is 0.324. The molecule has 0 radical (unpaired) electrons. The molecule has 1 aromatic rings. The van der Waals surface area contributed by atoms with E-state index in [1.54, 1.807) is 6.92 Å². The molecule has 29 heavy (non-hydrogen) atoms. The average Bonchev–Trinajstić information content (AvgIpc) is 2.94. The minimum atomic E-state index is -4.91. The summed E-state index contributed by atoms with van der Waals surface area (Å²) in [5, 5.41) is 9.53. The Morgan fingerprint density at radius 1 is 1.24 bits per heavy atom. The standard InChI is InChI=1S/C20H21F6NO2/c1-4-18(2)11-29-16(9-12-5-7-13(8-6-12)19(21,22)23)14(18)10-15(27-3)17(28)20(24,25)26/h5-8,10,17,28H,3-4,9,11H2,1-2H3/b15-10-. The van der Waals surface area contributed by atoms with E-state index in [9.17, 15) is 31.4 Å². The van der Waals surface area contributed by atoms with Crippen LogP contribution in [0.15, 0.2) is 52.4 Å². The first kappa shape index (κ1) is 23.0. The quantitative estimate of drug-likeness (QED) is 0.490. The maximum absolute atomic E-state index is 12.9. The van der Waals surface area contributed by atoms with Crippen molar-refractivity contribution < 1.29 is 36.2 Å². The van der Waals surface area contributed by atoms with Crippen molar-refractivity contribution >= 4 is 6.72 Å². The van der Waals surface area contributed by atoms with Gasteiger partial charge in [0.25, 0.3) is 0 Å². The lowest BCUT2D eigenvalue weighted by Crippen LogP contribution is -2.30. The number of hydrogen-bond acceptors (Lipinski definition) is 3. The van der Waals surface area contributed by atoms with Gasteiger partial charge in [0.15, 0.2) is 6.10 Å². The van der Waals surface area contributed by atoms with Crippen molar-refractivity contribution in [3.05, 3.63) is 58.5 Å². The van der Waals surface area contributed by atoms with E-state index in [4.69, 9.17) is 4.74 Å². The molecule has 1 aliphatic heterocycles. The Balaban J connectivity index is 2.44. The van der Waals surface area contributed by atoms with Crippen molar-refractivity contribution in [2.75, 3.05) is 6.61 Å². The maximum Gasteiger partial charge on any atom is 0.420 e. The smallest absolute Gasteiger partial charge is 0.420 e. The molecular weight excluding hydrogens is 400 g/mol. The minimum absolute atomic E-state index is 0.0894. The van der Waals surface area contributed by atoms with Gasteiger partial charge in [0.2, 0.25) is 0 Å². The van der Waals surface area contributed by atoms with Crippen LogP contribution in [0, 0.1) is 5.41 Å². The summed E-state index contributed by atoms with van der Waals surface area (Å²) in [6.07, 6.45) is -10.5. The first-order valence-electron chi connectivity index (χ1n) is 8.77. The number of aliphatic hydroxyl groups is 1. The molecular formula is C20H21F6NO2. The van der Waals surface area contributed by atoms with Gasteiger partial charge >= 0.3 is 12.4 Å². The number of aliphatic hydroxyl groups excluding tert-OH is 1. The van der Waals surface area contributed by atoms with Crippen LogP contribution in [0.5, 0.6) is 0 Å². The molecule has 0 amide bonds. The van der Waals surface area contributed by atoms with Gasteiger partial charge in [0.05, 0.1) is 17.9 Å². The Hall–Kier alpha value is -2.29. The molecule has 3 nitrogen and oxygen atoms in total. The number of rotatable bonds is 6. The number of ether oxygens (including phenoxy) is 1. The molecule has 0 saturated heterocycles. The number of allylic oxidation sites excluding steroid dienone is 2. The molecule has 160 valence electrons. The van der Waals surface area contributed by atoms with Gasteiger partial charge in [-0.3, -0.25) is 4.99 Å². The lowest BCUT2D eigenvalue weighted by atomic mass is 9.80. The second-order valence-corrected chi connectivity index (χ2v) is 7.08. The molecule has 1 N–H and O–H groups in total. The highest BCUT2D eigenvalue weighted by molar-refractivity contribution is 5.41. The van der Waals surface area contributed by atoms with Crippen molar-refractivity contribution in [2.45, 2.75) is 45.1 Å². The lowest BCUT2D eigenvalue weighted by molar-refractivity contribution is -0.191. The maximum atomic E-state index is 12.9. The highest BCUT2D eigenvalue weighted by atomic mass is 19.4. The number of aliphatic imine (C=N–C) groups is 1. The monoisotopic (exact) mass is 421 g/mol. The molecule has 9 heteroatoms. The van der Waals surface area contributed by atoms with E-state index < -0.39 is 35.1 Å². The lowest BCUT2D eigenvalue weighted by Gasteiger charge is -2.23. The summed E-state index contributed by atoms with van der Waals surface area (Å²) in [6, 6.07) is 4.45. The van der Waals surface area contributed by atoms with Crippen LogP contribution < -0.4 is 0 Å². The van der Waals surface area contributed by atoms with Crippen molar-refractivity contribution in [3.63, 3.8) is 0 Å². The number of halogens is 6. The molecule has 0 fully saturated rings. The fourth-order valence-electron chi connectivity index (χ4n) is 2.96. The van der Waals surface area contributed by atoms with Crippen LogP contribution in [0.25, 0.3) is 0 Å². The number of alkyl halides is 6. The summed E-state index contributed by atoms with van der Waals surface area (Å²) >= 11 is 0. The summed E-state index contributed by atoms with van der Waals surface area (Å²) in [5.41, 5.74) is -1.19. The van der Waals surface area contributed by atoms with Gasteiger partial charge in [-0.15, -0.1) is 0 Å². The van der Waals surface area contributed by atoms with Gasteiger partial charge < -0.3 is 9.84 Å². The Labute approximate surface area is 164 Å². The Morgan fingerprint density at radius 3 is 2.28 bits per heavy atom. The highest BCUT2D eigenvalue weighted by Gasteiger charge is 2.43. The van der Waals surface area contributed by atoms with Gasteiger partial charge in [0.1, 0.15) is 5.76 Å². The van der Waals surface area contributed by atoms with E-state index in [0.29, 0.717) is 23.3 Å². The molecule has 1 aromatic carbocycles. The molecule has 2 unspecified atom stereocenters. The van der Waals surface area contributed by atoms with E-state index in [-0.39, 0.29) is 13.0 Å². The Morgan fingerprint density at radius 2 is 1.83 bits per heavy atom. The molecule has 0 saturated carbocycles. The normalized spacial score (nSPS) is 21.9. The molecule has 1 aliphatic rings. The van der Waals surface area contributed by atoms with E-state index >= 15 is 0 Å². The Kier molecular flexibility index (Phi) is 6.51. The number of benzene rings is 1. The molecule has 0 bridgehead atoms. The van der Waals surface area contributed by atoms with E-state index in [1.807, 2.05) is 6.92 Å². The van der Waals surface area contributed by atoms with E-state index in [2.05, 4.69) is 11.7 Å². The summed E-state index contributed by atoms with van der Waals surface area (Å²) in [4.78, 5) is 3.32. The molecule has 0 aliphatic carbocycles. The van der Waals surface area contributed by atoms with Crippen LogP contribution in [0.3, 0.4) is 0 Å². The largest absolute Gasteiger partial charge is 0.496 e. The zero-order valence-electron chi connectivity index (χ0n) is 15.9. The molecule has 0 aromatic heterocycles. The second kappa shape index (κ2) is 8.22. The topological polar surface area (TPSA) is 41.8 Å². The predicted molar refractivity (Wildman–Crippen MR) is 96.2 cm³/mol. The summed E-state index contributed by atoms with van der Waals surface area (Å²) in [6.45, 7) is 6.92. The van der Waals surface area contributed by atoms with E-state index in [1.165, 1.54) is 12.1 Å². The number of hydrogen-bond donors (Lipinski definition) is 1. The first-order valence-corrected chi connectivity index (χ1v) is 8.77. The van der Waals surface area contributed by atoms with Crippen molar-refractivity contribution in [3.8, 4) is 0 Å². The van der Waals surface area contributed by atoms with Gasteiger partial charge in [-0.05, 0) is 36.9 Å². The van der Waals surface area contributed by atoms with Crippen LogP contribution in [-0.2, 0) is 17.3 Å². The van der Waals surface area contributed by atoms with Gasteiger partial charge in [-0.1, -0.05) is 26.0 Å². The van der Waals surface area contributed by atoms with Crippen molar-refractivity contribution in [1.29, 1.82) is 0 Å². The fourth-order valence-corrected chi connectivity index (χ4v) is 2.96. The van der Waals surface area contributed by atoms with Crippen molar-refractivity contribution in [2.24, 2.45) is 10.4 Å². The first-order chi connectivity index (χ1) is 13.3. The predicted octanol–water partition coefficient (Wildman–Crippen LogP) is 5.46. The third-order valence-electron chi connectivity index (χ3n) is 5.01. The van der Waals surface area contributed by atoms with Crippen molar-refractivity contribution in [1.82, 2.24) is 0 Å². The number of nitrogens with zero attached hydrogens (tertiary/aromatic N) is 1. The minimum Gasteiger partial charge on any atom is -0.496 e. The van der Waals surface area contributed by atoms with Gasteiger partial charge in [0, 0.05) is 17.4 Å². The van der Waals surface area contributed by atoms with Crippen LogP contribution in [0.1, 0.15) is 31.4 Å². The van der Waals surface area contributed by atoms with Gasteiger partial charge in [-0.2, -0.15) is 26.3 Å². The van der Waals surface area contributed by atoms with Crippen LogP contribution in [-0.4, -0.2) is 30.7 Å². The van der Waals surface area contributed by atoms with Crippen LogP contribution in [0.4, 0.5) is 26.3 Å². The summed E-state index contributed by atoms with van der Waals surface area (Å²) < 4.78 is 82.5. The second-order valence-electron chi connectivity index (χ2n) is 7.08. The zero-order chi connectivity index (χ0) is 22.0. The van der Waals surface area contributed by atoms with E-state index in [0.717, 1.165) is 18.2 Å². The third kappa shape index (κ3) is 5.20. The zero-order valence-corrected chi connectivity index (χ0v) is 15.9. The molecule has 1 heterocycles. The average molecular weight is 421 g/mol. The molecule has 0 spiro atoms. The summed E-state index contributed by atoms with van der Waals surface area (Å²) in [7, 11) is 0. The highest BCUT2D eigenvalue weighted by Crippen LogP contribution is 2.43. The fraction of sp³-hybridized carbons (Fsp3) is 0.450. The molecule has 2 rings (SSSR count). The Bertz CT molecular complexity index is 808. The van der Waals surface area contributed by atoms with Crippen LogP contribution >= 0.6 is 0 Å². The van der Waals surface area contributed by atoms with Gasteiger partial charge in [-0.25, -0.2) is 0 Å². The van der Waals surface area contributed by atoms with Crippen LogP contribution in [0.2, 0.25) is 0 Å². The SMILES string of the molecule is C=N/C(=C\C1=C(Cc2ccc(C(F)(F)F)cc2)OCC1(C)CC)C(O)C(F)(F)F.